The van der Waals surface area contributed by atoms with Crippen molar-refractivity contribution in [2.45, 2.75) is 6.92 Å². The molecule has 2 aromatic rings. The van der Waals surface area contributed by atoms with Gasteiger partial charge in [-0.15, -0.1) is 0 Å². The third kappa shape index (κ3) is 2.51. The second-order valence-corrected chi connectivity index (χ2v) is 4.71. The highest BCUT2D eigenvalue weighted by molar-refractivity contribution is 6.26. The third-order valence-electron chi connectivity index (χ3n) is 3.21. The number of hydrogen-bond donors (Lipinski definition) is 1. The van der Waals surface area contributed by atoms with Crippen molar-refractivity contribution in [3.63, 3.8) is 0 Å². The monoisotopic (exact) mass is 297 g/mol. The lowest BCUT2D eigenvalue weighted by atomic mass is 10.1. The van der Waals surface area contributed by atoms with Crippen LogP contribution in [0.15, 0.2) is 51.5 Å². The molecule has 0 bridgehead atoms. The Balaban J connectivity index is 1.93. The molecule has 3 rings (SSSR count). The summed E-state index contributed by atoms with van der Waals surface area (Å²) in [6.07, 6.45) is 1.59. The lowest BCUT2D eigenvalue weighted by molar-refractivity contribution is -0.384. The van der Waals surface area contributed by atoms with E-state index in [0.29, 0.717) is 28.4 Å². The predicted octanol–water partition coefficient (Wildman–Crippen LogP) is 2.74. The number of nitro benzene ring substituents is 1. The molecule has 110 valence electrons. The summed E-state index contributed by atoms with van der Waals surface area (Å²) in [5.41, 5.74) is 3.96. The number of furan rings is 1. The molecular formula is C15H11N3O4. The number of nitrogens with zero attached hydrogens (tertiary/aromatic N) is 2. The van der Waals surface area contributed by atoms with Gasteiger partial charge in [-0.3, -0.25) is 14.9 Å². The van der Waals surface area contributed by atoms with Crippen LogP contribution < -0.4 is 5.43 Å². The Morgan fingerprint density at radius 3 is 2.82 bits per heavy atom. The molecule has 1 aliphatic rings. The van der Waals surface area contributed by atoms with E-state index in [1.54, 1.807) is 37.3 Å². The molecule has 0 saturated heterocycles. The summed E-state index contributed by atoms with van der Waals surface area (Å²) in [5.74, 6) is 0.678. The van der Waals surface area contributed by atoms with Gasteiger partial charge in [0, 0.05) is 17.7 Å². The third-order valence-corrected chi connectivity index (χ3v) is 3.21. The van der Waals surface area contributed by atoms with Gasteiger partial charge in [0.15, 0.2) is 0 Å². The summed E-state index contributed by atoms with van der Waals surface area (Å²) >= 11 is 0. The van der Waals surface area contributed by atoms with Crippen molar-refractivity contribution in [2.24, 2.45) is 5.10 Å². The van der Waals surface area contributed by atoms with E-state index in [1.807, 2.05) is 0 Å². The first kappa shape index (κ1) is 13.7. The van der Waals surface area contributed by atoms with Gasteiger partial charge in [0.25, 0.3) is 11.6 Å². The first-order valence-corrected chi connectivity index (χ1v) is 6.46. The van der Waals surface area contributed by atoms with Gasteiger partial charge < -0.3 is 4.42 Å². The molecule has 1 aliphatic heterocycles. The highest BCUT2D eigenvalue weighted by Gasteiger charge is 2.19. The van der Waals surface area contributed by atoms with Crippen molar-refractivity contribution >= 4 is 23.4 Å². The number of nitro groups is 1. The number of nitrogens with one attached hydrogen (secondary N) is 1. The van der Waals surface area contributed by atoms with Crippen LogP contribution in [0.25, 0.3) is 17.4 Å². The standard InChI is InChI=1S/C15H11N3O4/c1-9-13(15(19)17-16-9)8-12-5-6-14(22-12)10-3-2-4-11(7-10)18(20)21/h2-8H,1H3,(H,17,19). The summed E-state index contributed by atoms with van der Waals surface area (Å²) in [4.78, 5) is 21.9. The Morgan fingerprint density at radius 2 is 2.14 bits per heavy atom. The summed E-state index contributed by atoms with van der Waals surface area (Å²) in [5, 5.41) is 14.6. The highest BCUT2D eigenvalue weighted by Crippen LogP contribution is 2.26. The van der Waals surface area contributed by atoms with Crippen molar-refractivity contribution in [1.29, 1.82) is 0 Å². The minimum absolute atomic E-state index is 0.00745. The van der Waals surface area contributed by atoms with Crippen LogP contribution in [-0.2, 0) is 4.79 Å². The van der Waals surface area contributed by atoms with E-state index >= 15 is 0 Å². The van der Waals surface area contributed by atoms with Crippen molar-refractivity contribution in [2.75, 3.05) is 0 Å². The molecular weight excluding hydrogens is 286 g/mol. The summed E-state index contributed by atoms with van der Waals surface area (Å²) < 4.78 is 5.63. The molecule has 2 heterocycles. The Bertz CT molecular complexity index is 833. The maximum Gasteiger partial charge on any atom is 0.273 e. The van der Waals surface area contributed by atoms with Gasteiger partial charge >= 0.3 is 0 Å². The van der Waals surface area contributed by atoms with Crippen molar-refractivity contribution in [3.05, 3.63) is 57.8 Å². The molecule has 7 nitrogen and oxygen atoms in total. The second kappa shape index (κ2) is 5.28. The number of rotatable bonds is 3. The highest BCUT2D eigenvalue weighted by atomic mass is 16.6. The number of benzene rings is 1. The molecule has 0 aliphatic carbocycles. The first-order valence-electron chi connectivity index (χ1n) is 6.46. The van der Waals surface area contributed by atoms with Gasteiger partial charge in [-0.2, -0.15) is 5.10 Å². The maximum atomic E-state index is 11.6. The fourth-order valence-corrected chi connectivity index (χ4v) is 2.09. The summed E-state index contributed by atoms with van der Waals surface area (Å²) in [6, 6.07) is 9.56. The number of hydrazone groups is 1. The Kier molecular flexibility index (Phi) is 3.30. The van der Waals surface area contributed by atoms with Crippen LogP contribution in [0.3, 0.4) is 0 Å². The van der Waals surface area contributed by atoms with E-state index in [4.69, 9.17) is 4.42 Å². The molecule has 1 amide bonds. The first-order chi connectivity index (χ1) is 10.5. The van der Waals surface area contributed by atoms with Crippen molar-refractivity contribution in [3.8, 4) is 11.3 Å². The fourth-order valence-electron chi connectivity index (χ4n) is 2.09. The quantitative estimate of drug-likeness (QED) is 0.535. The van der Waals surface area contributed by atoms with E-state index in [1.165, 1.54) is 12.1 Å². The molecule has 1 aromatic heterocycles. The van der Waals surface area contributed by atoms with Crippen molar-refractivity contribution < 1.29 is 14.1 Å². The molecule has 0 atom stereocenters. The zero-order valence-electron chi connectivity index (χ0n) is 11.6. The molecule has 0 saturated carbocycles. The van der Waals surface area contributed by atoms with Gasteiger partial charge in [0.1, 0.15) is 11.5 Å². The minimum atomic E-state index is -0.460. The number of amides is 1. The summed E-state index contributed by atoms with van der Waals surface area (Å²) in [6.45, 7) is 1.72. The average molecular weight is 297 g/mol. The predicted molar refractivity (Wildman–Crippen MR) is 80.0 cm³/mol. The number of carbonyl (C=O) groups excluding carboxylic acids is 1. The largest absolute Gasteiger partial charge is 0.457 e. The van der Waals surface area contributed by atoms with Gasteiger partial charge in [-0.25, -0.2) is 5.43 Å². The maximum absolute atomic E-state index is 11.6. The van der Waals surface area contributed by atoms with Crippen LogP contribution in [0.5, 0.6) is 0 Å². The zero-order chi connectivity index (χ0) is 15.7. The summed E-state index contributed by atoms with van der Waals surface area (Å²) in [7, 11) is 0. The van der Waals surface area contributed by atoms with Crippen LogP contribution in [0.1, 0.15) is 12.7 Å². The van der Waals surface area contributed by atoms with Gasteiger partial charge in [-0.05, 0) is 25.1 Å². The molecule has 1 aromatic carbocycles. The van der Waals surface area contributed by atoms with Crippen LogP contribution in [0, 0.1) is 10.1 Å². The minimum Gasteiger partial charge on any atom is -0.457 e. The van der Waals surface area contributed by atoms with Crippen LogP contribution in [0.4, 0.5) is 5.69 Å². The van der Waals surface area contributed by atoms with Gasteiger partial charge in [0.05, 0.1) is 16.2 Å². The molecule has 22 heavy (non-hydrogen) atoms. The normalized spacial score (nSPS) is 15.8. The van der Waals surface area contributed by atoms with Gasteiger partial charge in [-0.1, -0.05) is 12.1 Å². The molecule has 1 N–H and O–H groups in total. The lowest BCUT2D eigenvalue weighted by Gasteiger charge is -1.97. The van der Waals surface area contributed by atoms with E-state index in [-0.39, 0.29) is 11.6 Å². The van der Waals surface area contributed by atoms with Crippen LogP contribution >= 0.6 is 0 Å². The SMILES string of the molecule is CC1=NNC(=O)C1=Cc1ccc(-c2cccc([N+](=O)[O-])c2)o1. The Hall–Kier alpha value is -3.22. The fraction of sp³-hybridized carbons (Fsp3) is 0.0667. The molecule has 0 fully saturated rings. The molecule has 0 spiro atoms. The topological polar surface area (TPSA) is 97.7 Å². The Morgan fingerprint density at radius 1 is 1.32 bits per heavy atom. The van der Waals surface area contributed by atoms with E-state index in [2.05, 4.69) is 10.5 Å². The van der Waals surface area contributed by atoms with E-state index in [0.717, 1.165) is 0 Å². The van der Waals surface area contributed by atoms with E-state index < -0.39 is 4.92 Å². The lowest BCUT2D eigenvalue weighted by Crippen LogP contribution is -2.12. The smallest absolute Gasteiger partial charge is 0.273 e. The number of carbonyl (C=O) groups is 1. The van der Waals surface area contributed by atoms with Crippen molar-refractivity contribution in [1.82, 2.24) is 5.43 Å². The zero-order valence-corrected chi connectivity index (χ0v) is 11.6. The molecule has 0 unspecified atom stereocenters. The average Bonchev–Trinajstić information content (AvgIpc) is 3.10. The van der Waals surface area contributed by atoms with Gasteiger partial charge in [0.2, 0.25) is 0 Å². The number of non-ortho nitro benzene ring substituents is 1. The van der Waals surface area contributed by atoms with E-state index in [9.17, 15) is 14.9 Å². The molecule has 0 radical (unpaired) electrons. The Labute approximate surface area is 125 Å². The van der Waals surface area contributed by atoms with Crippen LogP contribution in [0.2, 0.25) is 0 Å². The number of hydrogen-bond acceptors (Lipinski definition) is 5. The van der Waals surface area contributed by atoms with Crippen LogP contribution in [-0.4, -0.2) is 16.5 Å². The second-order valence-electron chi connectivity index (χ2n) is 4.71. The molecule has 7 heteroatoms.